The Morgan fingerprint density at radius 1 is 1.11 bits per heavy atom. The highest BCUT2D eigenvalue weighted by Crippen LogP contribution is 2.31. The molecule has 100 valence electrons. The summed E-state index contributed by atoms with van der Waals surface area (Å²) in [6, 6.07) is 4.94. The average molecular weight is 291 g/mol. The summed E-state index contributed by atoms with van der Waals surface area (Å²) < 4.78 is 50.9. The van der Waals surface area contributed by atoms with Crippen molar-refractivity contribution in [3.63, 3.8) is 0 Å². The van der Waals surface area contributed by atoms with Gasteiger partial charge < -0.3 is 0 Å². The summed E-state index contributed by atoms with van der Waals surface area (Å²) >= 11 is 5.55. The zero-order valence-corrected chi connectivity index (χ0v) is 10.3. The van der Waals surface area contributed by atoms with Crippen molar-refractivity contribution in [3.8, 4) is 11.3 Å². The van der Waals surface area contributed by atoms with Crippen LogP contribution in [0.2, 0.25) is 5.15 Å². The summed E-state index contributed by atoms with van der Waals surface area (Å²) in [7, 11) is 0. The molecule has 2 aromatic rings. The molecule has 0 spiro atoms. The fraction of sp³-hybridized carbons (Fsp3) is 0.167. The molecule has 1 aromatic carbocycles. The molecule has 2 nitrogen and oxygen atoms in total. The second-order valence-corrected chi connectivity index (χ2v) is 4.24. The summed E-state index contributed by atoms with van der Waals surface area (Å²) in [5.74, 6) is -1.91. The van der Waals surface area contributed by atoms with E-state index in [0.717, 1.165) is 6.07 Å². The van der Waals surface area contributed by atoms with Crippen molar-refractivity contribution in [1.82, 2.24) is 9.97 Å². The molecule has 7 heteroatoms. The number of nitrogens with zero attached hydrogens (tertiary/aromatic N) is 2. The van der Waals surface area contributed by atoms with Crippen molar-refractivity contribution in [2.45, 2.75) is 13.1 Å². The van der Waals surface area contributed by atoms with Gasteiger partial charge in [0.15, 0.2) is 0 Å². The molecule has 0 unspecified atom stereocenters. The highest BCUT2D eigenvalue weighted by Gasteiger charge is 2.35. The highest BCUT2D eigenvalue weighted by atomic mass is 35.5. The van der Waals surface area contributed by atoms with E-state index < -0.39 is 17.8 Å². The van der Waals surface area contributed by atoms with Crippen molar-refractivity contribution >= 4 is 11.6 Å². The Hall–Kier alpha value is -1.69. The first-order valence-corrected chi connectivity index (χ1v) is 5.53. The highest BCUT2D eigenvalue weighted by molar-refractivity contribution is 6.29. The van der Waals surface area contributed by atoms with E-state index in [2.05, 4.69) is 9.97 Å². The van der Waals surface area contributed by atoms with E-state index in [9.17, 15) is 17.6 Å². The van der Waals surface area contributed by atoms with Crippen LogP contribution in [0.1, 0.15) is 11.4 Å². The Bertz CT molecular complexity index is 626. The minimum absolute atomic E-state index is 0.0654. The van der Waals surface area contributed by atoms with Crippen LogP contribution in [0.4, 0.5) is 17.6 Å². The number of halogens is 5. The Morgan fingerprint density at radius 3 is 2.42 bits per heavy atom. The van der Waals surface area contributed by atoms with Crippen LogP contribution >= 0.6 is 11.6 Å². The fourth-order valence-electron chi connectivity index (χ4n) is 1.55. The van der Waals surface area contributed by atoms with Crippen LogP contribution in [-0.2, 0) is 6.18 Å². The summed E-state index contributed by atoms with van der Waals surface area (Å²) in [6.45, 7) is 1.64. The molecule has 0 saturated carbocycles. The molecule has 0 aliphatic carbocycles. The first-order chi connectivity index (χ1) is 8.77. The van der Waals surface area contributed by atoms with Gasteiger partial charge in [0.1, 0.15) is 11.0 Å². The van der Waals surface area contributed by atoms with Crippen LogP contribution in [0, 0.1) is 12.7 Å². The van der Waals surface area contributed by atoms with Crippen molar-refractivity contribution < 1.29 is 17.6 Å². The lowest BCUT2D eigenvalue weighted by Gasteiger charge is -2.09. The van der Waals surface area contributed by atoms with Crippen molar-refractivity contribution in [2.75, 3.05) is 0 Å². The van der Waals surface area contributed by atoms with Crippen LogP contribution in [0.5, 0.6) is 0 Å². The van der Waals surface area contributed by atoms with Crippen LogP contribution in [0.25, 0.3) is 11.3 Å². The Morgan fingerprint density at radius 2 is 1.79 bits per heavy atom. The van der Waals surface area contributed by atoms with Crippen LogP contribution < -0.4 is 0 Å². The van der Waals surface area contributed by atoms with E-state index in [4.69, 9.17) is 11.6 Å². The largest absolute Gasteiger partial charge is 0.451 e. The number of benzene rings is 1. The summed E-state index contributed by atoms with van der Waals surface area (Å²) in [6.07, 6.45) is -4.71. The molecule has 0 radical (unpaired) electrons. The molecule has 1 aromatic heterocycles. The number of hydrogen-bond donors (Lipinski definition) is 0. The number of alkyl halides is 3. The van der Waals surface area contributed by atoms with E-state index in [1.54, 1.807) is 6.92 Å². The Kier molecular flexibility index (Phi) is 3.45. The van der Waals surface area contributed by atoms with E-state index in [1.807, 2.05) is 0 Å². The first kappa shape index (κ1) is 13.7. The maximum Gasteiger partial charge on any atom is 0.451 e. The smallest absolute Gasteiger partial charge is 0.224 e. The molecule has 0 aliphatic rings. The molecule has 0 amide bonds. The number of aryl methyl sites for hydroxylation is 1. The van der Waals surface area contributed by atoms with Gasteiger partial charge in [-0.3, -0.25) is 0 Å². The maximum absolute atomic E-state index is 13.2. The SMILES string of the molecule is Cc1ccc(F)cc1-c1cc(Cl)nc(C(F)(F)F)n1. The van der Waals surface area contributed by atoms with E-state index in [0.29, 0.717) is 5.56 Å². The van der Waals surface area contributed by atoms with Gasteiger partial charge in [-0.1, -0.05) is 17.7 Å². The molecule has 0 fully saturated rings. The van der Waals surface area contributed by atoms with Gasteiger partial charge in [0, 0.05) is 11.6 Å². The quantitative estimate of drug-likeness (QED) is 0.579. The normalized spacial score (nSPS) is 11.7. The zero-order chi connectivity index (χ0) is 14.2. The maximum atomic E-state index is 13.2. The van der Waals surface area contributed by atoms with E-state index in [-0.39, 0.29) is 16.4 Å². The third kappa shape index (κ3) is 3.01. The fourth-order valence-corrected chi connectivity index (χ4v) is 1.74. The molecule has 0 N–H and O–H groups in total. The van der Waals surface area contributed by atoms with Gasteiger partial charge >= 0.3 is 6.18 Å². The number of rotatable bonds is 1. The molecule has 0 saturated heterocycles. The van der Waals surface area contributed by atoms with Crippen molar-refractivity contribution in [1.29, 1.82) is 0 Å². The minimum Gasteiger partial charge on any atom is -0.224 e. The summed E-state index contributed by atoms with van der Waals surface area (Å²) in [4.78, 5) is 6.51. The molecule has 0 aliphatic heterocycles. The summed E-state index contributed by atoms with van der Waals surface area (Å²) in [5.41, 5.74) is 0.767. The average Bonchev–Trinajstić information content (AvgIpc) is 2.30. The third-order valence-electron chi connectivity index (χ3n) is 2.42. The first-order valence-electron chi connectivity index (χ1n) is 5.15. The van der Waals surface area contributed by atoms with Crippen LogP contribution in [-0.4, -0.2) is 9.97 Å². The lowest BCUT2D eigenvalue weighted by molar-refractivity contribution is -0.144. The molecule has 2 rings (SSSR count). The van der Waals surface area contributed by atoms with E-state index in [1.165, 1.54) is 18.2 Å². The standard InChI is InChI=1S/C12H7ClF4N2/c1-6-2-3-7(14)4-8(6)9-5-10(13)19-11(18-9)12(15,16)17/h2-5H,1H3. The number of hydrogen-bond acceptors (Lipinski definition) is 2. The van der Waals surface area contributed by atoms with E-state index >= 15 is 0 Å². The van der Waals surface area contributed by atoms with Gasteiger partial charge in [0.05, 0.1) is 5.69 Å². The lowest BCUT2D eigenvalue weighted by Crippen LogP contribution is -2.11. The summed E-state index contributed by atoms with van der Waals surface area (Å²) in [5, 5.41) is -0.346. The molecule has 19 heavy (non-hydrogen) atoms. The molecular formula is C12H7ClF4N2. The molecule has 0 bridgehead atoms. The number of aromatic nitrogens is 2. The van der Waals surface area contributed by atoms with Crippen LogP contribution in [0.3, 0.4) is 0 Å². The Balaban J connectivity index is 2.63. The predicted octanol–water partition coefficient (Wildman–Crippen LogP) is 4.26. The molecule has 0 atom stereocenters. The lowest BCUT2D eigenvalue weighted by atomic mass is 10.1. The minimum atomic E-state index is -4.71. The van der Waals surface area contributed by atoms with Gasteiger partial charge in [0.2, 0.25) is 5.82 Å². The van der Waals surface area contributed by atoms with Crippen LogP contribution in [0.15, 0.2) is 24.3 Å². The zero-order valence-electron chi connectivity index (χ0n) is 9.59. The van der Waals surface area contributed by atoms with Crippen molar-refractivity contribution in [3.05, 3.63) is 46.6 Å². The third-order valence-corrected chi connectivity index (χ3v) is 2.62. The second-order valence-electron chi connectivity index (χ2n) is 3.86. The molecular weight excluding hydrogens is 284 g/mol. The second kappa shape index (κ2) is 4.77. The van der Waals surface area contributed by atoms with Gasteiger partial charge in [-0.25, -0.2) is 14.4 Å². The topological polar surface area (TPSA) is 25.8 Å². The van der Waals surface area contributed by atoms with Gasteiger partial charge in [-0.15, -0.1) is 0 Å². The Labute approximate surface area is 111 Å². The van der Waals surface area contributed by atoms with Gasteiger partial charge in [0.25, 0.3) is 0 Å². The molecule has 1 heterocycles. The predicted molar refractivity (Wildman–Crippen MR) is 62.2 cm³/mol. The van der Waals surface area contributed by atoms with Gasteiger partial charge in [-0.2, -0.15) is 13.2 Å². The monoisotopic (exact) mass is 290 g/mol. The van der Waals surface area contributed by atoms with Crippen molar-refractivity contribution in [2.24, 2.45) is 0 Å². The van der Waals surface area contributed by atoms with Gasteiger partial charge in [-0.05, 0) is 24.6 Å².